The molecule has 4 aromatic rings. The van der Waals surface area contributed by atoms with Gasteiger partial charge in [-0.15, -0.1) is 0 Å². The molecule has 0 spiro atoms. The standard InChI is InChI=1S/C30H27N2O3P/c1-2-3-18-36(35)27-19-23(31-29(33)21-10-6-4-7-11-21)14-16-25(27)26-17-15-24(20-28(26)36)32-30(34)22-12-8-5-9-13-22/h4-17,19-20H,2-3,18H2,1H3,(H,31,33)(H,32,34). The molecule has 1 aliphatic rings. The minimum Gasteiger partial charge on any atom is -0.322 e. The van der Waals surface area contributed by atoms with E-state index < -0.39 is 7.14 Å². The number of carbonyl (C=O) groups excluding carboxylic acids is 2. The molecule has 0 saturated heterocycles. The first kappa shape index (κ1) is 23.8. The smallest absolute Gasteiger partial charge is 0.255 e. The summed E-state index contributed by atoms with van der Waals surface area (Å²) in [6, 6.07) is 29.3. The van der Waals surface area contributed by atoms with Crippen LogP contribution in [0.5, 0.6) is 0 Å². The Balaban J connectivity index is 1.48. The Morgan fingerprint density at radius 2 is 1.11 bits per heavy atom. The van der Waals surface area contributed by atoms with E-state index in [2.05, 4.69) is 17.6 Å². The molecule has 6 heteroatoms. The molecule has 36 heavy (non-hydrogen) atoms. The fourth-order valence-corrected chi connectivity index (χ4v) is 7.98. The number of amides is 2. The van der Waals surface area contributed by atoms with Gasteiger partial charge in [-0.3, -0.25) is 9.59 Å². The monoisotopic (exact) mass is 494 g/mol. The number of rotatable bonds is 7. The number of benzene rings is 4. The molecule has 2 amide bonds. The summed E-state index contributed by atoms with van der Waals surface area (Å²) in [6.07, 6.45) is 2.27. The number of fused-ring (bicyclic) bond motifs is 3. The normalized spacial score (nSPS) is 12.9. The lowest BCUT2D eigenvalue weighted by Gasteiger charge is -2.16. The van der Waals surface area contributed by atoms with Gasteiger partial charge in [0.05, 0.1) is 0 Å². The summed E-state index contributed by atoms with van der Waals surface area (Å²) >= 11 is 0. The summed E-state index contributed by atoms with van der Waals surface area (Å²) in [5.41, 5.74) is 4.20. The van der Waals surface area contributed by atoms with E-state index in [0.717, 1.165) is 34.6 Å². The summed E-state index contributed by atoms with van der Waals surface area (Å²) in [5.74, 6) is -0.416. The first-order valence-electron chi connectivity index (χ1n) is 12.1. The number of hydrogen-bond acceptors (Lipinski definition) is 3. The Hall–Kier alpha value is -3.95. The molecule has 0 atom stereocenters. The summed E-state index contributed by atoms with van der Waals surface area (Å²) < 4.78 is 14.6. The third-order valence-electron chi connectivity index (χ3n) is 6.48. The van der Waals surface area contributed by atoms with Gasteiger partial charge in [0.15, 0.2) is 0 Å². The quantitative estimate of drug-likeness (QED) is 0.297. The third-order valence-corrected chi connectivity index (χ3v) is 9.72. The SMILES string of the molecule is CCCCP1(=O)c2cc(NC(=O)c3ccccc3)ccc2-c2ccc(NC(=O)c3ccccc3)cc21. The molecule has 0 saturated carbocycles. The van der Waals surface area contributed by atoms with Crippen LogP contribution in [0, 0.1) is 0 Å². The van der Waals surface area contributed by atoms with Gasteiger partial charge in [-0.2, -0.15) is 0 Å². The van der Waals surface area contributed by atoms with Crippen molar-refractivity contribution in [2.24, 2.45) is 0 Å². The van der Waals surface area contributed by atoms with Crippen LogP contribution in [-0.4, -0.2) is 18.0 Å². The van der Waals surface area contributed by atoms with Gasteiger partial charge in [-0.05, 0) is 66.1 Å². The van der Waals surface area contributed by atoms with Crippen molar-refractivity contribution in [1.29, 1.82) is 0 Å². The second kappa shape index (κ2) is 9.96. The van der Waals surface area contributed by atoms with Gasteiger partial charge in [0.25, 0.3) is 11.8 Å². The number of unbranched alkanes of at least 4 members (excludes halogenated alkanes) is 1. The first-order chi connectivity index (χ1) is 17.5. The van der Waals surface area contributed by atoms with E-state index in [-0.39, 0.29) is 11.8 Å². The molecule has 4 aromatic carbocycles. The lowest BCUT2D eigenvalue weighted by molar-refractivity contribution is 0.101. The second-order valence-electron chi connectivity index (χ2n) is 8.92. The van der Waals surface area contributed by atoms with Crippen molar-refractivity contribution in [3.63, 3.8) is 0 Å². The van der Waals surface area contributed by atoms with Gasteiger partial charge in [-0.1, -0.05) is 61.9 Å². The van der Waals surface area contributed by atoms with E-state index in [1.54, 1.807) is 24.3 Å². The molecule has 0 aliphatic carbocycles. The molecular weight excluding hydrogens is 467 g/mol. The van der Waals surface area contributed by atoms with Crippen LogP contribution < -0.4 is 21.2 Å². The lowest BCUT2D eigenvalue weighted by Crippen LogP contribution is -2.17. The Morgan fingerprint density at radius 1 is 0.667 bits per heavy atom. The molecule has 0 fully saturated rings. The molecule has 0 radical (unpaired) electrons. The maximum absolute atomic E-state index is 14.6. The minimum absolute atomic E-state index is 0.208. The Bertz CT molecular complexity index is 1380. The van der Waals surface area contributed by atoms with Gasteiger partial charge in [0, 0.05) is 39.3 Å². The number of nitrogens with one attached hydrogen (secondary N) is 2. The molecule has 180 valence electrons. The average molecular weight is 495 g/mol. The van der Waals surface area contributed by atoms with Crippen molar-refractivity contribution in [3.8, 4) is 11.1 Å². The molecule has 1 heterocycles. The van der Waals surface area contributed by atoms with Crippen molar-refractivity contribution >= 4 is 40.9 Å². The number of hydrogen-bond donors (Lipinski definition) is 2. The predicted molar refractivity (Wildman–Crippen MR) is 147 cm³/mol. The zero-order chi connectivity index (χ0) is 25.1. The van der Waals surface area contributed by atoms with Crippen LogP contribution in [0.1, 0.15) is 40.5 Å². The molecule has 5 nitrogen and oxygen atoms in total. The highest BCUT2D eigenvalue weighted by Crippen LogP contribution is 2.54. The zero-order valence-corrected chi connectivity index (χ0v) is 20.9. The molecule has 0 aromatic heterocycles. The van der Waals surface area contributed by atoms with Crippen LogP contribution in [0.2, 0.25) is 0 Å². The molecule has 1 aliphatic heterocycles. The Kier molecular flexibility index (Phi) is 6.58. The second-order valence-corrected chi connectivity index (χ2v) is 11.8. The lowest BCUT2D eigenvalue weighted by atomic mass is 10.0. The van der Waals surface area contributed by atoms with Gasteiger partial charge in [0.1, 0.15) is 7.14 Å². The fourth-order valence-electron chi connectivity index (χ4n) is 4.61. The van der Waals surface area contributed by atoms with Gasteiger partial charge < -0.3 is 15.2 Å². The van der Waals surface area contributed by atoms with Crippen molar-refractivity contribution in [2.45, 2.75) is 19.8 Å². The summed E-state index contributed by atoms with van der Waals surface area (Å²) in [6.45, 7) is 2.08. The highest BCUT2D eigenvalue weighted by Gasteiger charge is 2.38. The molecule has 2 N–H and O–H groups in total. The fraction of sp³-hybridized carbons (Fsp3) is 0.133. The topological polar surface area (TPSA) is 75.3 Å². The van der Waals surface area contributed by atoms with E-state index in [1.807, 2.05) is 72.8 Å². The van der Waals surface area contributed by atoms with Crippen LogP contribution >= 0.6 is 7.14 Å². The van der Waals surface area contributed by atoms with Gasteiger partial charge in [-0.25, -0.2) is 0 Å². The predicted octanol–water partition coefficient (Wildman–Crippen LogP) is 6.29. The van der Waals surface area contributed by atoms with Crippen molar-refractivity contribution in [1.82, 2.24) is 0 Å². The molecule has 0 bridgehead atoms. The van der Waals surface area contributed by atoms with Gasteiger partial charge >= 0.3 is 0 Å². The van der Waals surface area contributed by atoms with Crippen LogP contribution in [0.4, 0.5) is 11.4 Å². The minimum atomic E-state index is -2.95. The van der Waals surface area contributed by atoms with Crippen molar-refractivity contribution in [3.05, 3.63) is 108 Å². The number of carbonyl (C=O) groups is 2. The number of anilines is 2. The average Bonchev–Trinajstić information content (AvgIpc) is 3.16. The van der Waals surface area contributed by atoms with Crippen LogP contribution in [0.15, 0.2) is 97.1 Å². The first-order valence-corrected chi connectivity index (χ1v) is 14.0. The molecule has 0 unspecified atom stereocenters. The van der Waals surface area contributed by atoms with Crippen molar-refractivity contribution in [2.75, 3.05) is 16.8 Å². The van der Waals surface area contributed by atoms with E-state index >= 15 is 0 Å². The van der Waals surface area contributed by atoms with E-state index in [1.165, 1.54) is 0 Å². The molecular formula is C30H27N2O3P. The van der Waals surface area contributed by atoms with Crippen molar-refractivity contribution < 1.29 is 14.2 Å². The highest BCUT2D eigenvalue weighted by atomic mass is 31.2. The van der Waals surface area contributed by atoms with Crippen LogP contribution in [0.25, 0.3) is 11.1 Å². The van der Waals surface area contributed by atoms with Gasteiger partial charge in [0.2, 0.25) is 0 Å². The maximum atomic E-state index is 14.6. The van der Waals surface area contributed by atoms with Crippen LogP contribution in [-0.2, 0) is 4.57 Å². The van der Waals surface area contributed by atoms with E-state index in [0.29, 0.717) is 28.7 Å². The Labute approximate surface area is 210 Å². The summed E-state index contributed by atoms with van der Waals surface area (Å²) in [4.78, 5) is 25.4. The Morgan fingerprint density at radius 3 is 1.53 bits per heavy atom. The van der Waals surface area contributed by atoms with E-state index in [4.69, 9.17) is 0 Å². The van der Waals surface area contributed by atoms with Crippen LogP contribution in [0.3, 0.4) is 0 Å². The summed E-state index contributed by atoms with van der Waals surface area (Å²) in [5, 5.41) is 7.43. The third kappa shape index (κ3) is 4.50. The molecule has 5 rings (SSSR count). The largest absolute Gasteiger partial charge is 0.322 e. The highest BCUT2D eigenvalue weighted by molar-refractivity contribution is 7.80. The zero-order valence-electron chi connectivity index (χ0n) is 20.0. The maximum Gasteiger partial charge on any atom is 0.255 e. The summed E-state index contributed by atoms with van der Waals surface area (Å²) in [7, 11) is -2.95. The van der Waals surface area contributed by atoms with E-state index in [9.17, 15) is 14.2 Å².